The van der Waals surface area contributed by atoms with Gasteiger partial charge in [-0.25, -0.2) is 15.0 Å². The Balaban J connectivity index is 1.27. The second-order valence-corrected chi connectivity index (χ2v) is 11.6. The third-order valence-electron chi connectivity index (χ3n) is 7.95. The van der Waals surface area contributed by atoms with Crippen molar-refractivity contribution in [2.45, 2.75) is 0 Å². The molecule has 5 heteroatoms. The van der Waals surface area contributed by atoms with Gasteiger partial charge in [-0.2, -0.15) is 0 Å². The minimum Gasteiger partial charge on any atom is -0.308 e. The fraction of sp³-hybridized carbons (Fsp3) is 0. The Kier molecular flexibility index (Phi) is 4.60. The fourth-order valence-electron chi connectivity index (χ4n) is 5.98. The van der Waals surface area contributed by atoms with Crippen LogP contribution in [0.5, 0.6) is 0 Å². The molecule has 6 aromatic carbocycles. The molecule has 0 fully saturated rings. The van der Waals surface area contributed by atoms with E-state index in [-0.39, 0.29) is 23.5 Å². The van der Waals surface area contributed by atoms with Crippen molar-refractivity contribution >= 4 is 53.3 Å². The van der Waals surface area contributed by atoms with Crippen LogP contribution in [0.4, 0.5) is 0 Å². The largest absolute Gasteiger partial charge is 0.308 e. The van der Waals surface area contributed by atoms with E-state index in [2.05, 4.69) is 88.4 Å². The zero-order valence-corrected chi connectivity index (χ0v) is 24.0. The van der Waals surface area contributed by atoms with Crippen LogP contribution >= 0.6 is 11.3 Å². The standard InChI is InChI=1S/C39H24N4S/c1-3-12-25(13-4-1)37-40-38(26-14-5-2-6-15-26)42-39(41-37)27-22-23-35-31(24-27)30-18-11-21-34(36(30)44-35)43-32-19-9-7-16-28(32)29-17-8-10-20-33(29)43/h1-24H/i1D,3D,4D,12D,13D. The second kappa shape index (κ2) is 9.97. The van der Waals surface area contributed by atoms with Crippen LogP contribution in [0.25, 0.3) is 81.8 Å². The van der Waals surface area contributed by atoms with Crippen LogP contribution in [0.15, 0.2) is 145 Å². The average Bonchev–Trinajstić information content (AvgIpc) is 3.69. The number of aromatic nitrogens is 4. The van der Waals surface area contributed by atoms with E-state index in [0.29, 0.717) is 11.6 Å². The molecule has 0 atom stereocenters. The highest BCUT2D eigenvalue weighted by Gasteiger charge is 2.18. The minimum absolute atomic E-state index is 0.0183. The van der Waals surface area contributed by atoms with E-state index in [1.807, 2.05) is 36.4 Å². The molecule has 0 N–H and O–H groups in total. The molecule has 0 saturated carbocycles. The predicted molar refractivity (Wildman–Crippen MR) is 183 cm³/mol. The van der Waals surface area contributed by atoms with E-state index in [9.17, 15) is 0 Å². The summed E-state index contributed by atoms with van der Waals surface area (Å²) in [7, 11) is 0. The van der Waals surface area contributed by atoms with Crippen LogP contribution in [0.1, 0.15) is 6.85 Å². The second-order valence-electron chi connectivity index (χ2n) is 10.5. The zero-order valence-electron chi connectivity index (χ0n) is 28.2. The molecule has 206 valence electrons. The summed E-state index contributed by atoms with van der Waals surface area (Å²) in [5.41, 5.74) is 4.78. The van der Waals surface area contributed by atoms with Crippen molar-refractivity contribution in [3.63, 3.8) is 0 Å². The van der Waals surface area contributed by atoms with Gasteiger partial charge >= 0.3 is 0 Å². The van der Waals surface area contributed by atoms with E-state index < -0.39 is 18.1 Å². The first kappa shape index (κ1) is 20.3. The molecule has 0 unspecified atom stereocenters. The summed E-state index contributed by atoms with van der Waals surface area (Å²) >= 11 is 1.73. The molecule has 0 spiro atoms. The average molecular weight is 586 g/mol. The molecule has 9 aromatic rings. The number of benzene rings is 6. The first-order valence-corrected chi connectivity index (χ1v) is 15.0. The Bertz CT molecular complexity index is 2710. The monoisotopic (exact) mass is 585 g/mol. The predicted octanol–water partition coefficient (Wildman–Crippen LogP) is 10.3. The fourth-order valence-corrected chi connectivity index (χ4v) is 7.16. The van der Waals surface area contributed by atoms with E-state index in [4.69, 9.17) is 16.8 Å². The van der Waals surface area contributed by atoms with Gasteiger partial charge in [0.05, 0.1) is 28.3 Å². The molecule has 0 bridgehead atoms. The third-order valence-corrected chi connectivity index (χ3v) is 9.16. The quantitative estimate of drug-likeness (QED) is 0.206. The third kappa shape index (κ3) is 3.94. The molecule has 0 aliphatic rings. The van der Waals surface area contributed by atoms with E-state index in [0.717, 1.165) is 48.0 Å². The Morgan fingerprint density at radius 2 is 1.11 bits per heavy atom. The first-order valence-electron chi connectivity index (χ1n) is 16.7. The molecule has 4 nitrogen and oxygen atoms in total. The van der Waals surface area contributed by atoms with E-state index in [1.165, 1.54) is 10.8 Å². The molecule has 0 aliphatic heterocycles. The maximum absolute atomic E-state index is 8.61. The van der Waals surface area contributed by atoms with Crippen LogP contribution in [0.2, 0.25) is 0 Å². The van der Waals surface area contributed by atoms with Crippen LogP contribution in [-0.2, 0) is 0 Å². The molecule has 0 aliphatic carbocycles. The summed E-state index contributed by atoms with van der Waals surface area (Å²) in [5.74, 6) is 0.705. The Morgan fingerprint density at radius 3 is 1.84 bits per heavy atom. The van der Waals surface area contributed by atoms with Crippen molar-refractivity contribution < 1.29 is 6.85 Å². The van der Waals surface area contributed by atoms with Gasteiger partial charge < -0.3 is 4.57 Å². The maximum Gasteiger partial charge on any atom is 0.164 e. The summed E-state index contributed by atoms with van der Waals surface area (Å²) < 4.78 is 46.4. The number of para-hydroxylation sites is 2. The molecular weight excluding hydrogens is 557 g/mol. The summed E-state index contributed by atoms with van der Waals surface area (Å²) in [6, 6.07) is 36.8. The van der Waals surface area contributed by atoms with Gasteiger partial charge in [0.25, 0.3) is 0 Å². The van der Waals surface area contributed by atoms with Gasteiger partial charge in [-0.05, 0) is 36.4 Å². The number of hydrogen-bond donors (Lipinski definition) is 0. The van der Waals surface area contributed by atoms with Crippen LogP contribution < -0.4 is 0 Å². The molecule has 44 heavy (non-hydrogen) atoms. The van der Waals surface area contributed by atoms with Gasteiger partial charge in [0, 0.05) is 42.9 Å². The van der Waals surface area contributed by atoms with E-state index >= 15 is 0 Å². The highest BCUT2D eigenvalue weighted by molar-refractivity contribution is 7.26. The number of hydrogen-bond acceptors (Lipinski definition) is 4. The van der Waals surface area contributed by atoms with E-state index in [1.54, 1.807) is 11.3 Å². The van der Waals surface area contributed by atoms with Crippen LogP contribution in [0.3, 0.4) is 0 Å². The van der Waals surface area contributed by atoms with Crippen LogP contribution in [-0.4, -0.2) is 19.5 Å². The van der Waals surface area contributed by atoms with Gasteiger partial charge in [-0.15, -0.1) is 11.3 Å². The SMILES string of the molecule is [2H]c1c([2H])c([2H])c(-c2nc(-c3ccccc3)nc(-c3ccc4sc5c(-n6c7ccccc7c7ccccc76)cccc5c4c3)n2)c([2H])c1[2H]. The van der Waals surface area contributed by atoms with Crippen molar-refractivity contribution in [3.05, 3.63) is 145 Å². The van der Waals surface area contributed by atoms with Gasteiger partial charge in [-0.1, -0.05) is 109 Å². The number of nitrogens with zero attached hydrogens (tertiary/aromatic N) is 4. The summed E-state index contributed by atoms with van der Waals surface area (Å²) in [5, 5.41) is 4.56. The molecule has 3 heterocycles. The van der Waals surface area contributed by atoms with Gasteiger partial charge in [0.1, 0.15) is 0 Å². The number of fused-ring (bicyclic) bond motifs is 6. The molecule has 3 aromatic heterocycles. The molecular formula is C39H24N4S. The maximum atomic E-state index is 8.61. The van der Waals surface area contributed by atoms with Crippen LogP contribution in [0, 0.1) is 0 Å². The lowest BCUT2D eigenvalue weighted by atomic mass is 10.1. The highest BCUT2D eigenvalue weighted by Crippen LogP contribution is 2.41. The summed E-state index contributed by atoms with van der Waals surface area (Å²) in [6.45, 7) is 0. The lowest BCUT2D eigenvalue weighted by Gasteiger charge is -2.09. The number of rotatable bonds is 4. The van der Waals surface area contributed by atoms with Crippen molar-refractivity contribution in [2.75, 3.05) is 0 Å². The zero-order chi connectivity index (χ0) is 33.4. The smallest absolute Gasteiger partial charge is 0.164 e. The number of thiophene rings is 1. The summed E-state index contributed by atoms with van der Waals surface area (Å²) in [4.78, 5) is 14.2. The van der Waals surface area contributed by atoms with Crippen molar-refractivity contribution in [1.29, 1.82) is 0 Å². The molecule has 0 saturated heterocycles. The lowest BCUT2D eigenvalue weighted by molar-refractivity contribution is 1.07. The topological polar surface area (TPSA) is 43.6 Å². The minimum atomic E-state index is -0.466. The molecule has 0 radical (unpaired) electrons. The highest BCUT2D eigenvalue weighted by atomic mass is 32.1. The van der Waals surface area contributed by atoms with Gasteiger partial charge in [0.15, 0.2) is 17.5 Å². The van der Waals surface area contributed by atoms with Crippen molar-refractivity contribution in [2.24, 2.45) is 0 Å². The van der Waals surface area contributed by atoms with Crippen molar-refractivity contribution in [3.8, 4) is 39.9 Å². The summed E-state index contributed by atoms with van der Waals surface area (Å²) in [6.07, 6.45) is 0. The van der Waals surface area contributed by atoms with Gasteiger partial charge in [0.2, 0.25) is 0 Å². The van der Waals surface area contributed by atoms with Crippen molar-refractivity contribution in [1.82, 2.24) is 19.5 Å². The first-order chi connectivity index (χ1) is 23.9. The Hall–Kier alpha value is -5.65. The molecule has 0 amide bonds. The normalized spacial score (nSPS) is 13.2. The lowest BCUT2D eigenvalue weighted by Crippen LogP contribution is -2.00. The molecule has 9 rings (SSSR count). The Morgan fingerprint density at radius 1 is 0.500 bits per heavy atom. The van der Waals surface area contributed by atoms with Gasteiger partial charge in [-0.3, -0.25) is 0 Å². The Labute approximate surface area is 264 Å².